The zero-order valence-electron chi connectivity index (χ0n) is 10.5. The first-order valence-electron chi connectivity index (χ1n) is 5.95. The van der Waals surface area contributed by atoms with Gasteiger partial charge in [-0.05, 0) is 37.7 Å². The molecule has 2 aromatic rings. The maximum atomic E-state index is 5.39. The fourth-order valence-electron chi connectivity index (χ4n) is 2.22. The van der Waals surface area contributed by atoms with Gasteiger partial charge in [0.1, 0.15) is 5.75 Å². The number of nitrogens with zero attached hydrogens (tertiary/aromatic N) is 1. The molecule has 1 heterocycles. The van der Waals surface area contributed by atoms with Crippen molar-refractivity contribution in [1.29, 1.82) is 0 Å². The van der Waals surface area contributed by atoms with Gasteiger partial charge in [0.15, 0.2) is 4.77 Å². The highest BCUT2D eigenvalue weighted by atomic mass is 32.1. The molecule has 4 heteroatoms. The van der Waals surface area contributed by atoms with E-state index in [1.807, 2.05) is 12.1 Å². The van der Waals surface area contributed by atoms with Crippen molar-refractivity contribution >= 4 is 23.3 Å². The Morgan fingerprint density at radius 2 is 2.24 bits per heavy atom. The number of aromatic amines is 1. The molecule has 1 aromatic heterocycles. The smallest absolute Gasteiger partial charge is 0.178 e. The first-order chi connectivity index (χ1) is 8.17. The maximum Gasteiger partial charge on any atom is 0.178 e. The Kier molecular flexibility index (Phi) is 3.52. The molecule has 0 amide bonds. The average molecular weight is 250 g/mol. The Labute approximate surface area is 106 Å². The van der Waals surface area contributed by atoms with Crippen LogP contribution in [0.3, 0.4) is 0 Å². The molecule has 0 aliphatic carbocycles. The van der Waals surface area contributed by atoms with E-state index in [4.69, 9.17) is 17.0 Å². The van der Waals surface area contributed by atoms with Crippen molar-refractivity contribution in [1.82, 2.24) is 9.55 Å². The van der Waals surface area contributed by atoms with Crippen molar-refractivity contribution in [3.8, 4) is 5.75 Å². The molecule has 0 spiro atoms. The van der Waals surface area contributed by atoms with Crippen molar-refractivity contribution in [3.05, 3.63) is 23.0 Å². The predicted octanol–water partition coefficient (Wildman–Crippen LogP) is 4.07. The lowest BCUT2D eigenvalue weighted by atomic mass is 10.2. The second-order valence-corrected chi connectivity index (χ2v) is 4.71. The predicted molar refractivity (Wildman–Crippen MR) is 73.3 cm³/mol. The van der Waals surface area contributed by atoms with E-state index in [0.29, 0.717) is 6.04 Å². The maximum absolute atomic E-state index is 5.39. The van der Waals surface area contributed by atoms with Crippen LogP contribution < -0.4 is 4.74 Å². The summed E-state index contributed by atoms with van der Waals surface area (Å²) < 4.78 is 8.19. The number of H-pyrrole nitrogens is 1. The minimum absolute atomic E-state index is 0.426. The molecule has 0 saturated heterocycles. The third kappa shape index (κ3) is 2.22. The van der Waals surface area contributed by atoms with Crippen molar-refractivity contribution in [3.63, 3.8) is 0 Å². The summed E-state index contributed by atoms with van der Waals surface area (Å²) in [6.07, 6.45) is 2.29. The van der Waals surface area contributed by atoms with Gasteiger partial charge in [0, 0.05) is 12.1 Å². The highest BCUT2D eigenvalue weighted by Crippen LogP contribution is 2.25. The molecule has 0 aliphatic heterocycles. The molecule has 0 bridgehead atoms. The van der Waals surface area contributed by atoms with Crippen LogP contribution in [0.4, 0.5) is 0 Å². The van der Waals surface area contributed by atoms with E-state index in [0.717, 1.165) is 34.4 Å². The zero-order chi connectivity index (χ0) is 12.4. The Morgan fingerprint density at radius 1 is 1.47 bits per heavy atom. The fourth-order valence-corrected chi connectivity index (χ4v) is 2.61. The van der Waals surface area contributed by atoms with Crippen molar-refractivity contribution in [2.24, 2.45) is 0 Å². The van der Waals surface area contributed by atoms with Crippen LogP contribution in [0.5, 0.6) is 5.75 Å². The lowest BCUT2D eigenvalue weighted by Crippen LogP contribution is -2.04. The topological polar surface area (TPSA) is 29.9 Å². The van der Waals surface area contributed by atoms with Gasteiger partial charge in [0.2, 0.25) is 0 Å². The summed E-state index contributed by atoms with van der Waals surface area (Å²) in [7, 11) is 1.67. The number of rotatable bonds is 4. The van der Waals surface area contributed by atoms with Gasteiger partial charge in [-0.25, -0.2) is 0 Å². The SMILES string of the molecule is CCCC(C)n1c(=S)[nH]c2cc(OC)ccc21. The standard InChI is InChI=1S/C13H18N2OS/c1-4-5-9(2)15-12-7-6-10(16-3)8-11(12)14-13(15)17/h6-9H,4-5H2,1-3H3,(H,14,17). The van der Waals surface area contributed by atoms with Crippen LogP contribution in [0.15, 0.2) is 18.2 Å². The summed E-state index contributed by atoms with van der Waals surface area (Å²) in [5, 5.41) is 0. The molecule has 1 N–H and O–H groups in total. The summed E-state index contributed by atoms with van der Waals surface area (Å²) in [4.78, 5) is 3.24. The number of hydrogen-bond acceptors (Lipinski definition) is 2. The van der Waals surface area contributed by atoms with Gasteiger partial charge in [0.05, 0.1) is 18.1 Å². The lowest BCUT2D eigenvalue weighted by Gasteiger charge is -2.13. The second kappa shape index (κ2) is 4.92. The van der Waals surface area contributed by atoms with E-state index in [9.17, 15) is 0 Å². The van der Waals surface area contributed by atoms with Crippen LogP contribution >= 0.6 is 12.2 Å². The average Bonchev–Trinajstić information content (AvgIpc) is 2.64. The van der Waals surface area contributed by atoms with Crippen LogP contribution in [-0.2, 0) is 0 Å². The molecule has 0 saturated carbocycles. The highest BCUT2D eigenvalue weighted by Gasteiger charge is 2.10. The van der Waals surface area contributed by atoms with Gasteiger partial charge in [-0.1, -0.05) is 13.3 Å². The zero-order valence-corrected chi connectivity index (χ0v) is 11.3. The Bertz CT molecular complexity index is 570. The number of imidazole rings is 1. The third-order valence-corrected chi connectivity index (χ3v) is 3.37. The van der Waals surface area contributed by atoms with Gasteiger partial charge in [-0.15, -0.1) is 0 Å². The van der Waals surface area contributed by atoms with Gasteiger partial charge < -0.3 is 14.3 Å². The van der Waals surface area contributed by atoms with Gasteiger partial charge >= 0.3 is 0 Å². The number of methoxy groups -OCH3 is 1. The Balaban J connectivity index is 2.56. The second-order valence-electron chi connectivity index (χ2n) is 4.32. The first-order valence-corrected chi connectivity index (χ1v) is 6.36. The number of fused-ring (bicyclic) bond motifs is 1. The van der Waals surface area contributed by atoms with Crippen LogP contribution in [-0.4, -0.2) is 16.7 Å². The molecular weight excluding hydrogens is 232 g/mol. The van der Waals surface area contributed by atoms with Crippen LogP contribution in [0.1, 0.15) is 32.7 Å². The minimum Gasteiger partial charge on any atom is -0.497 e. The summed E-state index contributed by atoms with van der Waals surface area (Å²) in [6.45, 7) is 4.40. The molecule has 0 aliphatic rings. The molecule has 1 aromatic carbocycles. The number of aromatic nitrogens is 2. The van der Waals surface area contributed by atoms with E-state index in [1.54, 1.807) is 7.11 Å². The minimum atomic E-state index is 0.426. The summed E-state index contributed by atoms with van der Waals surface area (Å²) in [5.74, 6) is 0.851. The van der Waals surface area contributed by atoms with Gasteiger partial charge in [0.25, 0.3) is 0 Å². The highest BCUT2D eigenvalue weighted by molar-refractivity contribution is 7.71. The van der Waals surface area contributed by atoms with Crippen LogP contribution in [0.2, 0.25) is 0 Å². The fraction of sp³-hybridized carbons (Fsp3) is 0.462. The van der Waals surface area contributed by atoms with E-state index < -0.39 is 0 Å². The number of hydrogen-bond donors (Lipinski definition) is 1. The van der Waals surface area contributed by atoms with E-state index >= 15 is 0 Å². The molecule has 0 fully saturated rings. The van der Waals surface area contributed by atoms with E-state index in [1.165, 1.54) is 0 Å². The molecule has 17 heavy (non-hydrogen) atoms. The number of ether oxygens (including phenoxy) is 1. The van der Waals surface area contributed by atoms with Crippen LogP contribution in [0.25, 0.3) is 11.0 Å². The monoisotopic (exact) mass is 250 g/mol. The summed E-state index contributed by atoms with van der Waals surface area (Å²) in [5.41, 5.74) is 2.19. The van der Waals surface area contributed by atoms with Crippen LogP contribution in [0, 0.1) is 4.77 Å². The largest absolute Gasteiger partial charge is 0.497 e. The molecule has 1 atom stereocenters. The number of nitrogens with one attached hydrogen (secondary N) is 1. The number of benzene rings is 1. The molecular formula is C13H18N2OS. The molecule has 2 rings (SSSR count). The molecule has 3 nitrogen and oxygen atoms in total. The quantitative estimate of drug-likeness (QED) is 0.829. The van der Waals surface area contributed by atoms with Gasteiger partial charge in [-0.2, -0.15) is 0 Å². The molecule has 92 valence electrons. The van der Waals surface area contributed by atoms with E-state index in [2.05, 4.69) is 29.5 Å². The lowest BCUT2D eigenvalue weighted by molar-refractivity contribution is 0.415. The molecule has 0 radical (unpaired) electrons. The van der Waals surface area contributed by atoms with Crippen molar-refractivity contribution in [2.45, 2.75) is 32.7 Å². The molecule has 1 unspecified atom stereocenters. The first kappa shape index (κ1) is 12.2. The van der Waals surface area contributed by atoms with Crippen molar-refractivity contribution in [2.75, 3.05) is 7.11 Å². The van der Waals surface area contributed by atoms with Gasteiger partial charge in [-0.3, -0.25) is 0 Å². The normalized spacial score (nSPS) is 12.9. The van der Waals surface area contributed by atoms with Crippen molar-refractivity contribution < 1.29 is 4.74 Å². The van der Waals surface area contributed by atoms with E-state index in [-0.39, 0.29) is 0 Å². The summed E-state index contributed by atoms with van der Waals surface area (Å²) in [6, 6.07) is 6.45. The summed E-state index contributed by atoms with van der Waals surface area (Å²) >= 11 is 5.39. The third-order valence-electron chi connectivity index (χ3n) is 3.07. The Hall–Kier alpha value is -1.29. The Morgan fingerprint density at radius 3 is 2.88 bits per heavy atom.